The molecule has 0 fully saturated rings. The molecule has 2 aromatic rings. The number of halogens is 1. The average Bonchev–Trinajstić information content (AvgIpc) is 2.39. The van der Waals surface area contributed by atoms with Crippen LogP contribution in [0.2, 0.25) is 0 Å². The van der Waals surface area contributed by atoms with Gasteiger partial charge in [0.05, 0.1) is 0 Å². The van der Waals surface area contributed by atoms with Crippen LogP contribution in [0.4, 0.5) is 11.5 Å². The van der Waals surface area contributed by atoms with E-state index in [1.54, 1.807) is 0 Å². The van der Waals surface area contributed by atoms with Crippen molar-refractivity contribution in [2.24, 2.45) is 0 Å². The summed E-state index contributed by atoms with van der Waals surface area (Å²) in [5.41, 5.74) is 2.15. The van der Waals surface area contributed by atoms with E-state index in [9.17, 15) is 0 Å². The Morgan fingerprint density at radius 2 is 1.88 bits per heavy atom. The van der Waals surface area contributed by atoms with Gasteiger partial charge in [0.25, 0.3) is 0 Å². The predicted octanol–water partition coefficient (Wildman–Crippen LogP) is 3.59. The maximum absolute atomic E-state index is 5.72. The van der Waals surface area contributed by atoms with Gasteiger partial charge in [-0.25, -0.2) is 4.98 Å². The third kappa shape index (κ3) is 2.34. The molecule has 0 amide bonds. The van der Waals surface area contributed by atoms with E-state index in [0.29, 0.717) is 5.88 Å². The summed E-state index contributed by atoms with van der Waals surface area (Å²) in [6.45, 7) is 0. The number of pyridine rings is 1. The molecule has 0 N–H and O–H groups in total. The van der Waals surface area contributed by atoms with Crippen molar-refractivity contribution in [3.63, 3.8) is 0 Å². The number of anilines is 2. The molecule has 1 aromatic heterocycles. The van der Waals surface area contributed by atoms with Crippen LogP contribution in [0, 0.1) is 0 Å². The van der Waals surface area contributed by atoms with Gasteiger partial charge >= 0.3 is 0 Å². The summed E-state index contributed by atoms with van der Waals surface area (Å²) < 4.78 is 0. The lowest BCUT2D eigenvalue weighted by Gasteiger charge is -2.18. The Hall–Kier alpha value is -1.54. The Morgan fingerprint density at radius 3 is 2.44 bits per heavy atom. The van der Waals surface area contributed by atoms with Crippen LogP contribution < -0.4 is 4.90 Å². The lowest BCUT2D eigenvalue weighted by molar-refractivity contribution is 1.11. The molecule has 16 heavy (non-hydrogen) atoms. The highest BCUT2D eigenvalue weighted by Crippen LogP contribution is 2.20. The van der Waals surface area contributed by atoms with Gasteiger partial charge in [-0.3, -0.25) is 0 Å². The second-order valence-corrected chi connectivity index (χ2v) is 3.82. The van der Waals surface area contributed by atoms with Gasteiger partial charge in [-0.05, 0) is 23.8 Å². The zero-order valence-electron chi connectivity index (χ0n) is 9.10. The molecular formula is C13H13ClN2. The first-order valence-electron chi connectivity index (χ1n) is 5.11. The van der Waals surface area contributed by atoms with Crippen molar-refractivity contribution in [2.45, 2.75) is 5.88 Å². The number of hydrogen-bond acceptors (Lipinski definition) is 2. The molecule has 0 aliphatic carbocycles. The normalized spacial score (nSPS) is 10.1. The average molecular weight is 233 g/mol. The van der Waals surface area contributed by atoms with Crippen LogP contribution in [-0.2, 0) is 5.88 Å². The number of rotatable bonds is 3. The third-order valence-corrected chi connectivity index (χ3v) is 2.76. The molecule has 0 aliphatic rings. The highest BCUT2D eigenvalue weighted by molar-refractivity contribution is 6.17. The van der Waals surface area contributed by atoms with Crippen molar-refractivity contribution in [2.75, 3.05) is 11.9 Å². The molecule has 0 saturated heterocycles. The summed E-state index contributed by atoms with van der Waals surface area (Å²) >= 11 is 5.72. The van der Waals surface area contributed by atoms with Crippen molar-refractivity contribution >= 4 is 23.1 Å². The molecule has 2 rings (SSSR count). The van der Waals surface area contributed by atoms with Gasteiger partial charge in [0.1, 0.15) is 5.82 Å². The molecule has 0 spiro atoms. The molecule has 0 unspecified atom stereocenters. The largest absolute Gasteiger partial charge is 0.329 e. The van der Waals surface area contributed by atoms with Gasteiger partial charge in [0.2, 0.25) is 0 Å². The number of benzene rings is 1. The van der Waals surface area contributed by atoms with Crippen LogP contribution in [0.25, 0.3) is 0 Å². The second-order valence-electron chi connectivity index (χ2n) is 3.55. The van der Waals surface area contributed by atoms with Crippen LogP contribution in [-0.4, -0.2) is 12.0 Å². The van der Waals surface area contributed by atoms with Crippen molar-refractivity contribution < 1.29 is 0 Å². The quantitative estimate of drug-likeness (QED) is 0.752. The fraction of sp³-hybridized carbons (Fsp3) is 0.154. The fourth-order valence-electron chi connectivity index (χ4n) is 1.48. The first-order valence-corrected chi connectivity index (χ1v) is 5.64. The minimum atomic E-state index is 0.502. The van der Waals surface area contributed by atoms with Crippen molar-refractivity contribution in [1.82, 2.24) is 4.98 Å². The minimum Gasteiger partial charge on any atom is -0.329 e. The minimum absolute atomic E-state index is 0.502. The van der Waals surface area contributed by atoms with Gasteiger partial charge in [-0.15, -0.1) is 11.6 Å². The molecule has 0 bridgehead atoms. The Morgan fingerprint density at radius 1 is 1.12 bits per heavy atom. The highest BCUT2D eigenvalue weighted by Gasteiger charge is 2.03. The molecule has 3 heteroatoms. The van der Waals surface area contributed by atoms with E-state index >= 15 is 0 Å². The third-order valence-electron chi connectivity index (χ3n) is 2.45. The zero-order valence-corrected chi connectivity index (χ0v) is 9.85. The fourth-order valence-corrected chi connectivity index (χ4v) is 1.64. The van der Waals surface area contributed by atoms with E-state index < -0.39 is 0 Å². The van der Waals surface area contributed by atoms with E-state index in [1.165, 1.54) is 0 Å². The van der Waals surface area contributed by atoms with Gasteiger partial charge in [-0.1, -0.05) is 24.3 Å². The number of hydrogen-bond donors (Lipinski definition) is 0. The van der Waals surface area contributed by atoms with Crippen molar-refractivity contribution in [3.05, 3.63) is 54.2 Å². The second kappa shape index (κ2) is 4.99. The van der Waals surface area contributed by atoms with E-state index in [4.69, 9.17) is 11.6 Å². The molecule has 0 atom stereocenters. The van der Waals surface area contributed by atoms with E-state index in [2.05, 4.69) is 17.1 Å². The smallest absolute Gasteiger partial charge is 0.132 e. The highest BCUT2D eigenvalue weighted by atomic mass is 35.5. The molecule has 0 aliphatic heterocycles. The number of para-hydroxylation sites is 1. The number of aromatic nitrogens is 1. The maximum atomic E-state index is 5.72. The standard InChI is InChI=1S/C13H13ClN2/c1-16(12-5-3-2-4-6-12)13-8-7-11(9-14)10-15-13/h2-8,10H,9H2,1H3. The molecule has 0 radical (unpaired) electrons. The topological polar surface area (TPSA) is 16.1 Å². The lowest BCUT2D eigenvalue weighted by Crippen LogP contribution is -2.10. The van der Waals surface area contributed by atoms with Crippen LogP contribution in [0.3, 0.4) is 0 Å². The summed E-state index contributed by atoms with van der Waals surface area (Å²) in [6.07, 6.45) is 1.81. The maximum Gasteiger partial charge on any atom is 0.132 e. The van der Waals surface area contributed by atoms with Gasteiger partial charge in [0, 0.05) is 24.8 Å². The summed E-state index contributed by atoms with van der Waals surface area (Å²) in [4.78, 5) is 6.41. The zero-order chi connectivity index (χ0) is 11.4. The molecule has 1 aromatic carbocycles. The molecule has 1 heterocycles. The van der Waals surface area contributed by atoms with E-state index in [0.717, 1.165) is 17.1 Å². The molecule has 0 saturated carbocycles. The Labute approximate surface area is 101 Å². The van der Waals surface area contributed by atoms with Gasteiger partial charge in [-0.2, -0.15) is 0 Å². The SMILES string of the molecule is CN(c1ccccc1)c1ccc(CCl)cn1. The summed E-state index contributed by atoms with van der Waals surface area (Å²) in [6, 6.07) is 14.1. The first-order chi connectivity index (χ1) is 7.81. The molecular weight excluding hydrogens is 220 g/mol. The molecule has 2 nitrogen and oxygen atoms in total. The van der Waals surface area contributed by atoms with Crippen molar-refractivity contribution in [3.8, 4) is 0 Å². The van der Waals surface area contributed by atoms with E-state index in [1.807, 2.05) is 48.5 Å². The van der Waals surface area contributed by atoms with Crippen LogP contribution in [0.15, 0.2) is 48.7 Å². The van der Waals surface area contributed by atoms with Crippen LogP contribution in [0.1, 0.15) is 5.56 Å². The summed E-state index contributed by atoms with van der Waals surface area (Å²) in [5.74, 6) is 1.42. The van der Waals surface area contributed by atoms with Gasteiger partial charge in [0.15, 0.2) is 0 Å². The number of alkyl halides is 1. The Bertz CT molecular complexity index is 439. The first kappa shape index (κ1) is 11.0. The Balaban J connectivity index is 2.24. The monoisotopic (exact) mass is 232 g/mol. The summed E-state index contributed by atoms with van der Waals surface area (Å²) in [7, 11) is 2.00. The van der Waals surface area contributed by atoms with Crippen LogP contribution in [0.5, 0.6) is 0 Å². The van der Waals surface area contributed by atoms with Gasteiger partial charge < -0.3 is 4.90 Å². The Kier molecular flexibility index (Phi) is 3.42. The lowest BCUT2D eigenvalue weighted by atomic mass is 10.2. The molecule has 82 valence electrons. The number of nitrogens with zero attached hydrogens (tertiary/aromatic N) is 2. The predicted molar refractivity (Wildman–Crippen MR) is 68.3 cm³/mol. The van der Waals surface area contributed by atoms with Crippen molar-refractivity contribution in [1.29, 1.82) is 0 Å². The summed E-state index contributed by atoms with van der Waals surface area (Å²) in [5, 5.41) is 0. The van der Waals surface area contributed by atoms with Crippen LogP contribution >= 0.6 is 11.6 Å². The van der Waals surface area contributed by atoms with E-state index in [-0.39, 0.29) is 0 Å².